The third-order valence-corrected chi connectivity index (χ3v) is 7.46. The zero-order chi connectivity index (χ0) is 21.5. The van der Waals surface area contributed by atoms with Gasteiger partial charge in [0, 0.05) is 28.7 Å². The number of nitriles is 1. The van der Waals surface area contributed by atoms with Crippen molar-refractivity contribution in [2.75, 3.05) is 10.7 Å². The lowest BCUT2D eigenvalue weighted by atomic mass is 9.81. The van der Waals surface area contributed by atoms with E-state index in [1.165, 1.54) is 17.8 Å². The van der Waals surface area contributed by atoms with Crippen LogP contribution in [0.25, 0.3) is 0 Å². The summed E-state index contributed by atoms with van der Waals surface area (Å²) in [6, 6.07) is 5.92. The van der Waals surface area contributed by atoms with Gasteiger partial charge in [-0.05, 0) is 31.2 Å². The van der Waals surface area contributed by atoms with Crippen molar-refractivity contribution in [3.8, 4) is 6.07 Å². The molecule has 0 saturated heterocycles. The first-order valence-electron chi connectivity index (χ1n) is 8.59. The number of carboxylic acids is 1. The lowest BCUT2D eigenvalue weighted by molar-refractivity contribution is -0.137. The van der Waals surface area contributed by atoms with Gasteiger partial charge in [0.05, 0.1) is 21.3 Å². The molecule has 1 aliphatic carbocycles. The number of hydrogen-bond donors (Lipinski definition) is 4. The van der Waals surface area contributed by atoms with Gasteiger partial charge in [0.25, 0.3) is 0 Å². The number of nitrogens with zero attached hydrogens (tertiary/aromatic N) is 2. The molecule has 0 bridgehead atoms. The van der Waals surface area contributed by atoms with Gasteiger partial charge >= 0.3 is 5.97 Å². The summed E-state index contributed by atoms with van der Waals surface area (Å²) >= 11 is 13.5. The summed E-state index contributed by atoms with van der Waals surface area (Å²) in [5.41, 5.74) is 5.97. The number of nitrogens with two attached hydrogens (primary N) is 1. The van der Waals surface area contributed by atoms with E-state index in [0.29, 0.717) is 21.3 Å². The van der Waals surface area contributed by atoms with Gasteiger partial charge in [-0.1, -0.05) is 23.2 Å². The van der Waals surface area contributed by atoms with Crippen LogP contribution in [0.4, 0.5) is 5.69 Å². The SMILES string of the molecule is CC12C(=C(C#N)C(=N)N1c1ccc(Cl)c(Cl)c1)C=C(O)CC2SCC(N)C(=O)O. The molecule has 29 heavy (non-hydrogen) atoms. The van der Waals surface area contributed by atoms with Gasteiger partial charge in [-0.2, -0.15) is 17.0 Å². The van der Waals surface area contributed by atoms with Crippen LogP contribution in [-0.2, 0) is 4.79 Å². The molecule has 0 radical (unpaired) electrons. The Balaban J connectivity index is 2.11. The summed E-state index contributed by atoms with van der Waals surface area (Å²) in [5.74, 6) is -0.967. The van der Waals surface area contributed by atoms with E-state index in [1.807, 2.05) is 6.92 Å². The molecule has 0 amide bonds. The third kappa shape index (κ3) is 3.60. The molecule has 2 aliphatic rings. The fourth-order valence-electron chi connectivity index (χ4n) is 3.64. The molecule has 1 aromatic carbocycles. The molecule has 0 fully saturated rings. The molecule has 1 heterocycles. The Labute approximate surface area is 181 Å². The average molecular weight is 453 g/mol. The number of anilines is 1. The fraction of sp³-hybridized carbons (Fsp3) is 0.316. The van der Waals surface area contributed by atoms with Crippen molar-refractivity contribution < 1.29 is 15.0 Å². The highest BCUT2D eigenvalue weighted by atomic mass is 35.5. The van der Waals surface area contributed by atoms with Crippen molar-refractivity contribution in [1.29, 1.82) is 10.7 Å². The molecule has 10 heteroatoms. The Bertz CT molecular complexity index is 1000. The predicted octanol–water partition coefficient (Wildman–Crippen LogP) is 3.73. The molecule has 7 nitrogen and oxygen atoms in total. The molecule has 3 unspecified atom stereocenters. The first kappa shape index (κ1) is 21.5. The highest BCUT2D eigenvalue weighted by molar-refractivity contribution is 8.00. The van der Waals surface area contributed by atoms with Crippen LogP contribution in [0.15, 0.2) is 41.2 Å². The number of aliphatic hydroxyl groups is 1. The highest BCUT2D eigenvalue weighted by Gasteiger charge is 2.53. The normalized spacial score (nSPS) is 24.8. The van der Waals surface area contributed by atoms with E-state index in [4.69, 9.17) is 39.5 Å². The molecule has 1 aromatic rings. The standard InChI is InChI=1S/C19H18Cl2N4O3S/c1-19-12(5-10(26)6-16(19)29-8-15(23)18(27)28)11(7-22)17(24)25(19)9-2-3-13(20)14(21)4-9/h2-5,15-16,24,26H,6,8,23H2,1H3,(H,27,28). The molecule has 0 saturated carbocycles. The lowest BCUT2D eigenvalue weighted by Crippen LogP contribution is -2.55. The Morgan fingerprint density at radius 3 is 2.79 bits per heavy atom. The number of amidine groups is 1. The van der Waals surface area contributed by atoms with Crippen LogP contribution >= 0.6 is 35.0 Å². The minimum Gasteiger partial charge on any atom is -0.512 e. The van der Waals surface area contributed by atoms with Crippen molar-refractivity contribution in [1.82, 2.24) is 0 Å². The second-order valence-electron chi connectivity index (χ2n) is 6.94. The number of fused-ring (bicyclic) bond motifs is 1. The number of nitrogens with one attached hydrogen (secondary N) is 1. The molecule has 5 N–H and O–H groups in total. The number of benzene rings is 1. The lowest BCUT2D eigenvalue weighted by Gasteiger charge is -2.45. The summed E-state index contributed by atoms with van der Waals surface area (Å²) in [5, 5.41) is 38.0. The molecule has 3 rings (SSSR count). The molecule has 1 aliphatic heterocycles. The number of carboxylic acid groups (broad SMARTS) is 1. The summed E-state index contributed by atoms with van der Waals surface area (Å²) in [6.45, 7) is 1.86. The van der Waals surface area contributed by atoms with Crippen LogP contribution in [0.5, 0.6) is 0 Å². The van der Waals surface area contributed by atoms with Crippen LogP contribution in [0, 0.1) is 16.7 Å². The van der Waals surface area contributed by atoms with Crippen molar-refractivity contribution in [3.05, 3.63) is 51.2 Å². The maximum atomic E-state index is 11.1. The maximum absolute atomic E-state index is 11.1. The highest BCUT2D eigenvalue weighted by Crippen LogP contribution is 2.50. The third-order valence-electron chi connectivity index (χ3n) is 5.14. The Hall–Kier alpha value is -2.18. The van der Waals surface area contributed by atoms with Gasteiger partial charge in [-0.15, -0.1) is 0 Å². The number of thioether (sulfide) groups is 1. The molecule has 0 aromatic heterocycles. The van der Waals surface area contributed by atoms with E-state index in [-0.39, 0.29) is 34.6 Å². The van der Waals surface area contributed by atoms with Gasteiger partial charge in [-0.25, -0.2) is 0 Å². The van der Waals surface area contributed by atoms with Crippen molar-refractivity contribution in [3.63, 3.8) is 0 Å². The number of rotatable bonds is 5. The van der Waals surface area contributed by atoms with Gasteiger partial charge in [0.2, 0.25) is 0 Å². The zero-order valence-electron chi connectivity index (χ0n) is 15.3. The smallest absolute Gasteiger partial charge is 0.321 e. The van der Waals surface area contributed by atoms with Crippen LogP contribution in [0.1, 0.15) is 13.3 Å². The molecular formula is C19H18Cl2N4O3S. The summed E-state index contributed by atoms with van der Waals surface area (Å²) < 4.78 is 0. The number of aliphatic carboxylic acids is 1. The van der Waals surface area contributed by atoms with Gasteiger partial charge in [0.15, 0.2) is 0 Å². The topological polar surface area (TPSA) is 134 Å². The summed E-state index contributed by atoms with van der Waals surface area (Å²) in [4.78, 5) is 12.8. The Kier molecular flexibility index (Phi) is 5.88. The average Bonchev–Trinajstić information content (AvgIpc) is 2.88. The summed E-state index contributed by atoms with van der Waals surface area (Å²) in [6.07, 6.45) is 1.75. The second kappa shape index (κ2) is 7.92. The number of halogens is 2. The van der Waals surface area contributed by atoms with Crippen LogP contribution in [0.2, 0.25) is 10.0 Å². The largest absolute Gasteiger partial charge is 0.512 e. The van der Waals surface area contributed by atoms with Gasteiger partial charge < -0.3 is 20.8 Å². The van der Waals surface area contributed by atoms with E-state index in [9.17, 15) is 15.2 Å². The number of carbonyl (C=O) groups is 1. The van der Waals surface area contributed by atoms with E-state index < -0.39 is 17.6 Å². The monoisotopic (exact) mass is 452 g/mol. The first-order valence-corrected chi connectivity index (χ1v) is 10.4. The van der Waals surface area contributed by atoms with Gasteiger partial charge in [-0.3, -0.25) is 10.2 Å². The Morgan fingerprint density at radius 2 is 2.21 bits per heavy atom. The first-order chi connectivity index (χ1) is 13.6. The van der Waals surface area contributed by atoms with Crippen LogP contribution in [-0.4, -0.2) is 44.6 Å². The zero-order valence-corrected chi connectivity index (χ0v) is 17.6. The Morgan fingerprint density at radius 1 is 1.52 bits per heavy atom. The molecular weight excluding hydrogens is 435 g/mol. The second-order valence-corrected chi connectivity index (χ2v) is 8.99. The van der Waals surface area contributed by atoms with E-state index in [2.05, 4.69) is 6.07 Å². The van der Waals surface area contributed by atoms with Crippen molar-refractivity contribution in [2.24, 2.45) is 5.73 Å². The number of allylic oxidation sites excluding steroid dienone is 1. The number of hydrogen-bond acceptors (Lipinski definition) is 6. The number of aliphatic hydroxyl groups excluding tert-OH is 1. The van der Waals surface area contributed by atoms with Crippen LogP contribution in [0.3, 0.4) is 0 Å². The van der Waals surface area contributed by atoms with E-state index in [0.717, 1.165) is 0 Å². The predicted molar refractivity (Wildman–Crippen MR) is 115 cm³/mol. The fourth-order valence-corrected chi connectivity index (χ4v) is 5.36. The maximum Gasteiger partial charge on any atom is 0.321 e. The molecule has 3 atom stereocenters. The van der Waals surface area contributed by atoms with E-state index >= 15 is 0 Å². The van der Waals surface area contributed by atoms with Crippen molar-refractivity contribution in [2.45, 2.75) is 30.2 Å². The van der Waals surface area contributed by atoms with Crippen molar-refractivity contribution >= 4 is 52.5 Å². The van der Waals surface area contributed by atoms with Gasteiger partial charge in [0.1, 0.15) is 23.5 Å². The van der Waals surface area contributed by atoms with E-state index in [1.54, 1.807) is 23.1 Å². The summed E-state index contributed by atoms with van der Waals surface area (Å²) in [7, 11) is 0. The van der Waals surface area contributed by atoms with Crippen LogP contribution < -0.4 is 10.6 Å². The minimum absolute atomic E-state index is 0.0255. The molecule has 0 spiro atoms. The minimum atomic E-state index is -1.12. The quantitative estimate of drug-likeness (QED) is 0.534. The molecule has 152 valence electrons.